The molecule has 1 aromatic heterocycles. The van der Waals surface area contributed by atoms with Crippen molar-refractivity contribution in [3.05, 3.63) is 24.5 Å². The van der Waals surface area contributed by atoms with E-state index in [9.17, 15) is 14.7 Å². The molecule has 0 amide bonds. The Balaban J connectivity index is 2.45. The molecule has 0 spiro atoms. The first-order valence-electron chi connectivity index (χ1n) is 4.41. The van der Waals surface area contributed by atoms with Crippen LogP contribution in [0.25, 0.3) is 0 Å². The summed E-state index contributed by atoms with van der Waals surface area (Å²) < 4.78 is 1.53. The molecule has 0 aliphatic heterocycles. The first kappa shape index (κ1) is 10.7. The molecule has 0 bridgehead atoms. The van der Waals surface area contributed by atoms with Gasteiger partial charge < -0.3 is 9.67 Å². The summed E-state index contributed by atoms with van der Waals surface area (Å²) in [7, 11) is 0. The summed E-state index contributed by atoms with van der Waals surface area (Å²) >= 11 is 0. The van der Waals surface area contributed by atoms with Gasteiger partial charge in [0.2, 0.25) is 0 Å². The van der Waals surface area contributed by atoms with Crippen molar-refractivity contribution in [2.75, 3.05) is 0 Å². The monoisotopic (exact) mass is 195 g/mol. The van der Waals surface area contributed by atoms with Crippen molar-refractivity contribution < 1.29 is 14.7 Å². The molecule has 1 atom stereocenters. The number of aromatic nitrogens is 1. The van der Waals surface area contributed by atoms with Crippen molar-refractivity contribution in [2.45, 2.75) is 26.0 Å². The number of rotatable bonds is 5. The van der Waals surface area contributed by atoms with Crippen LogP contribution in [0, 0.1) is 0 Å². The lowest BCUT2D eigenvalue weighted by Gasteiger charge is -2.10. The lowest BCUT2D eigenvalue weighted by atomic mass is 10.1. The maximum Gasteiger partial charge on any atom is 0.144 e. The molecule has 1 N–H and O–H groups in total. The number of nitrogens with zero attached hydrogens (tertiary/aromatic N) is 1. The third-order valence-corrected chi connectivity index (χ3v) is 1.83. The Morgan fingerprint density at radius 1 is 1.36 bits per heavy atom. The lowest BCUT2D eigenvalue weighted by molar-refractivity contribution is -0.127. The summed E-state index contributed by atoms with van der Waals surface area (Å²) in [5, 5.41) is 9.52. The van der Waals surface area contributed by atoms with E-state index in [2.05, 4.69) is 0 Å². The number of carbonyl (C=O) groups is 2. The Morgan fingerprint density at radius 2 is 1.93 bits per heavy atom. The Labute approximate surface area is 82.2 Å². The van der Waals surface area contributed by atoms with Gasteiger partial charge in [-0.05, 0) is 19.1 Å². The number of hydrogen-bond donors (Lipinski definition) is 1. The smallest absolute Gasteiger partial charge is 0.144 e. The van der Waals surface area contributed by atoms with E-state index in [0.717, 1.165) is 0 Å². The minimum absolute atomic E-state index is 0.0196. The van der Waals surface area contributed by atoms with Crippen molar-refractivity contribution in [2.24, 2.45) is 0 Å². The van der Waals surface area contributed by atoms with Gasteiger partial charge in [-0.25, -0.2) is 0 Å². The van der Waals surface area contributed by atoms with E-state index in [0.29, 0.717) is 0 Å². The molecule has 0 radical (unpaired) electrons. The van der Waals surface area contributed by atoms with E-state index in [1.807, 2.05) is 0 Å². The highest BCUT2D eigenvalue weighted by atomic mass is 16.3. The summed E-state index contributed by atoms with van der Waals surface area (Å²) in [6, 6.07) is 3.53. The molecule has 0 fully saturated rings. The van der Waals surface area contributed by atoms with Crippen molar-refractivity contribution in [3.63, 3.8) is 0 Å². The van der Waals surface area contributed by atoms with Crippen molar-refractivity contribution >= 4 is 11.6 Å². The second-order valence-electron chi connectivity index (χ2n) is 3.23. The molecule has 1 aromatic rings. The molecule has 4 heteroatoms. The number of carbonyl (C=O) groups excluding carboxylic acids is 2. The van der Waals surface area contributed by atoms with E-state index in [1.54, 1.807) is 24.5 Å². The molecule has 0 aliphatic carbocycles. The van der Waals surface area contributed by atoms with Gasteiger partial charge in [-0.1, -0.05) is 0 Å². The third kappa shape index (κ3) is 3.14. The van der Waals surface area contributed by atoms with Crippen LogP contribution in [0.4, 0.5) is 0 Å². The van der Waals surface area contributed by atoms with Crippen LogP contribution >= 0.6 is 0 Å². The van der Waals surface area contributed by atoms with Crippen LogP contribution in [0.5, 0.6) is 0 Å². The van der Waals surface area contributed by atoms with Gasteiger partial charge in [-0.2, -0.15) is 0 Å². The fraction of sp³-hybridized carbons (Fsp3) is 0.400. The summed E-state index contributed by atoms with van der Waals surface area (Å²) in [6.07, 6.45) is 2.36. The zero-order valence-corrected chi connectivity index (χ0v) is 8.01. The van der Waals surface area contributed by atoms with Gasteiger partial charge in [-0.15, -0.1) is 0 Å². The quantitative estimate of drug-likeness (QED) is 0.710. The SMILES string of the molecule is CC(=O)CC(=O)C[C@@H](O)n1cccc1. The maximum absolute atomic E-state index is 11.2. The molecule has 1 heterocycles. The van der Waals surface area contributed by atoms with Crippen LogP contribution in [-0.2, 0) is 9.59 Å². The number of ketones is 2. The van der Waals surface area contributed by atoms with E-state index < -0.39 is 6.23 Å². The fourth-order valence-electron chi connectivity index (χ4n) is 1.21. The highest BCUT2D eigenvalue weighted by Crippen LogP contribution is 2.09. The number of aliphatic hydroxyl groups is 1. The third-order valence-electron chi connectivity index (χ3n) is 1.83. The molecule has 4 nitrogen and oxygen atoms in total. The van der Waals surface area contributed by atoms with Crippen LogP contribution in [-0.4, -0.2) is 21.2 Å². The van der Waals surface area contributed by atoms with E-state index in [4.69, 9.17) is 0 Å². The first-order valence-corrected chi connectivity index (χ1v) is 4.41. The zero-order valence-electron chi connectivity index (χ0n) is 8.01. The highest BCUT2D eigenvalue weighted by Gasteiger charge is 2.12. The van der Waals surface area contributed by atoms with Gasteiger partial charge in [-0.3, -0.25) is 9.59 Å². The van der Waals surface area contributed by atoms with Crippen LogP contribution in [0.15, 0.2) is 24.5 Å². The number of Topliss-reactive ketones (excluding diaryl/α,β-unsaturated/α-hetero) is 2. The summed E-state index contributed by atoms with van der Waals surface area (Å²) in [5.74, 6) is -0.409. The number of aliphatic hydroxyl groups excluding tert-OH is 1. The largest absolute Gasteiger partial charge is 0.373 e. The average molecular weight is 195 g/mol. The molecule has 0 saturated carbocycles. The standard InChI is InChI=1S/C10H13NO3/c1-8(12)6-9(13)7-10(14)11-4-2-3-5-11/h2-5,10,14H,6-7H2,1H3/t10-/m1/s1. The Bertz CT molecular complexity index is 316. The Hall–Kier alpha value is -1.42. The Morgan fingerprint density at radius 3 is 2.43 bits per heavy atom. The van der Waals surface area contributed by atoms with Gasteiger partial charge >= 0.3 is 0 Å². The minimum atomic E-state index is -0.864. The van der Waals surface area contributed by atoms with Crippen LogP contribution in [0.3, 0.4) is 0 Å². The van der Waals surface area contributed by atoms with Crippen LogP contribution in [0.1, 0.15) is 26.0 Å². The topological polar surface area (TPSA) is 59.3 Å². The predicted octanol–water partition coefficient (Wildman–Crippen LogP) is 0.917. The molecule has 0 aliphatic rings. The second kappa shape index (κ2) is 4.72. The van der Waals surface area contributed by atoms with E-state index >= 15 is 0 Å². The summed E-state index contributed by atoms with van der Waals surface area (Å²) in [5.41, 5.74) is 0. The second-order valence-corrected chi connectivity index (χ2v) is 3.23. The zero-order chi connectivity index (χ0) is 10.6. The predicted molar refractivity (Wildman–Crippen MR) is 50.6 cm³/mol. The summed E-state index contributed by atoms with van der Waals surface area (Å²) in [4.78, 5) is 21.8. The molecule has 0 aromatic carbocycles. The molecule has 1 rings (SSSR count). The van der Waals surface area contributed by atoms with Gasteiger partial charge in [0.15, 0.2) is 0 Å². The van der Waals surface area contributed by atoms with Crippen LogP contribution in [0.2, 0.25) is 0 Å². The lowest BCUT2D eigenvalue weighted by Crippen LogP contribution is -2.13. The van der Waals surface area contributed by atoms with Crippen molar-refractivity contribution in [3.8, 4) is 0 Å². The van der Waals surface area contributed by atoms with E-state index in [-0.39, 0.29) is 24.4 Å². The van der Waals surface area contributed by atoms with Gasteiger partial charge in [0.05, 0.1) is 12.8 Å². The van der Waals surface area contributed by atoms with Crippen molar-refractivity contribution in [1.82, 2.24) is 4.57 Å². The summed E-state index contributed by atoms with van der Waals surface area (Å²) in [6.45, 7) is 1.36. The Kier molecular flexibility index (Phi) is 3.59. The van der Waals surface area contributed by atoms with Crippen LogP contribution < -0.4 is 0 Å². The molecule has 14 heavy (non-hydrogen) atoms. The van der Waals surface area contributed by atoms with Gasteiger partial charge in [0.1, 0.15) is 17.8 Å². The highest BCUT2D eigenvalue weighted by molar-refractivity contribution is 5.97. The molecule has 0 unspecified atom stereocenters. The van der Waals surface area contributed by atoms with Gasteiger partial charge in [0.25, 0.3) is 0 Å². The molecular formula is C10H13NO3. The average Bonchev–Trinajstić information content (AvgIpc) is 2.53. The molecule has 76 valence electrons. The maximum atomic E-state index is 11.2. The first-order chi connectivity index (χ1) is 6.59. The van der Waals surface area contributed by atoms with Gasteiger partial charge in [0, 0.05) is 12.4 Å². The minimum Gasteiger partial charge on any atom is -0.373 e. The number of hydrogen-bond acceptors (Lipinski definition) is 3. The molecular weight excluding hydrogens is 182 g/mol. The van der Waals surface area contributed by atoms with Crippen molar-refractivity contribution in [1.29, 1.82) is 0 Å². The normalized spacial score (nSPS) is 12.4. The van der Waals surface area contributed by atoms with E-state index in [1.165, 1.54) is 11.5 Å². The fourth-order valence-corrected chi connectivity index (χ4v) is 1.21. The molecule has 0 saturated heterocycles.